The smallest absolute Gasteiger partial charge is 0.297 e. The zero-order chi connectivity index (χ0) is 18.5. The summed E-state index contributed by atoms with van der Waals surface area (Å²) in [7, 11) is 0. The van der Waals surface area contributed by atoms with Crippen molar-refractivity contribution in [2.24, 2.45) is 0 Å². The van der Waals surface area contributed by atoms with Crippen LogP contribution in [0, 0.1) is 5.82 Å². The molecule has 0 unspecified atom stereocenters. The number of carbonyl (C=O) groups is 1. The summed E-state index contributed by atoms with van der Waals surface area (Å²) in [6.45, 7) is 0. The van der Waals surface area contributed by atoms with Crippen LogP contribution >= 0.6 is 11.3 Å². The van der Waals surface area contributed by atoms with Crippen molar-refractivity contribution in [3.63, 3.8) is 0 Å². The van der Waals surface area contributed by atoms with Gasteiger partial charge in [-0.15, -0.1) is 11.3 Å². The summed E-state index contributed by atoms with van der Waals surface area (Å²) in [6, 6.07) is 6.42. The van der Waals surface area contributed by atoms with E-state index in [2.05, 4.69) is 9.97 Å². The molecule has 27 heavy (non-hydrogen) atoms. The Morgan fingerprint density at radius 2 is 2.07 bits per heavy atom. The summed E-state index contributed by atoms with van der Waals surface area (Å²) in [6.07, 6.45) is 4.77. The number of thiazole rings is 1. The Balaban J connectivity index is 1.85. The van der Waals surface area contributed by atoms with Crippen molar-refractivity contribution >= 4 is 33.3 Å². The molecule has 132 valence electrons. The van der Waals surface area contributed by atoms with E-state index < -0.39 is 23.2 Å². The molecule has 1 atom stereocenters. The largest absolute Gasteiger partial charge is 0.450 e. The number of amides is 1. The van der Waals surface area contributed by atoms with Crippen molar-refractivity contribution in [3.8, 4) is 0 Å². The quantitative estimate of drug-likeness (QED) is 0.533. The van der Waals surface area contributed by atoms with Crippen molar-refractivity contribution < 1.29 is 13.6 Å². The van der Waals surface area contributed by atoms with Gasteiger partial charge < -0.3 is 4.42 Å². The van der Waals surface area contributed by atoms with Gasteiger partial charge in [0.15, 0.2) is 10.6 Å². The maximum absolute atomic E-state index is 13.7. The van der Waals surface area contributed by atoms with Gasteiger partial charge in [0.05, 0.1) is 17.0 Å². The number of hydrogen-bond donors (Lipinski definition) is 0. The van der Waals surface area contributed by atoms with E-state index >= 15 is 0 Å². The number of halogens is 1. The third kappa shape index (κ3) is 2.30. The average molecular weight is 379 g/mol. The highest BCUT2D eigenvalue weighted by Crippen LogP contribution is 2.41. The van der Waals surface area contributed by atoms with Crippen LogP contribution in [-0.4, -0.2) is 15.9 Å². The molecule has 0 saturated carbocycles. The summed E-state index contributed by atoms with van der Waals surface area (Å²) < 4.78 is 19.4. The summed E-state index contributed by atoms with van der Waals surface area (Å²) >= 11 is 1.28. The van der Waals surface area contributed by atoms with Gasteiger partial charge in [-0.25, -0.2) is 9.37 Å². The predicted octanol–water partition coefficient (Wildman–Crippen LogP) is 3.53. The van der Waals surface area contributed by atoms with E-state index in [4.69, 9.17) is 4.42 Å². The monoisotopic (exact) mass is 379 g/mol. The standard InChI is InChI=1S/C19H10FN3O3S/c20-11-3-4-13-12(8-11)16(24)14-15(10-2-1-5-21-9-10)23(18(25)17(14)26-13)19-22-6-7-27-19/h1-9,15H/t15-/m1/s1. The molecule has 0 N–H and O–H groups in total. The minimum Gasteiger partial charge on any atom is -0.450 e. The van der Waals surface area contributed by atoms with E-state index in [1.165, 1.54) is 28.4 Å². The molecule has 5 rings (SSSR count). The minimum atomic E-state index is -0.740. The summed E-state index contributed by atoms with van der Waals surface area (Å²) in [4.78, 5) is 36.0. The molecule has 1 aliphatic rings. The Hall–Kier alpha value is -3.39. The van der Waals surface area contributed by atoms with Crippen LogP contribution in [0.15, 0.2) is 63.5 Å². The third-order valence-corrected chi connectivity index (χ3v) is 5.23. The topological polar surface area (TPSA) is 76.3 Å². The van der Waals surface area contributed by atoms with Gasteiger partial charge in [0.2, 0.25) is 5.76 Å². The lowest BCUT2D eigenvalue weighted by Gasteiger charge is -2.22. The van der Waals surface area contributed by atoms with Crippen molar-refractivity contribution in [1.29, 1.82) is 0 Å². The molecular weight excluding hydrogens is 369 g/mol. The molecule has 1 amide bonds. The molecule has 0 fully saturated rings. The van der Waals surface area contributed by atoms with E-state index in [-0.39, 0.29) is 22.3 Å². The maximum atomic E-state index is 13.7. The normalized spacial score (nSPS) is 16.1. The molecule has 0 saturated heterocycles. The molecule has 4 aromatic rings. The van der Waals surface area contributed by atoms with Crippen LogP contribution in [0.1, 0.15) is 27.7 Å². The second kappa shape index (κ2) is 5.82. The first-order valence-corrected chi connectivity index (χ1v) is 8.92. The zero-order valence-electron chi connectivity index (χ0n) is 13.6. The van der Waals surface area contributed by atoms with Crippen molar-refractivity contribution in [1.82, 2.24) is 9.97 Å². The predicted molar refractivity (Wildman–Crippen MR) is 97.4 cm³/mol. The fourth-order valence-corrected chi connectivity index (χ4v) is 4.00. The Kier molecular flexibility index (Phi) is 3.41. The van der Waals surface area contributed by atoms with Gasteiger partial charge in [0, 0.05) is 24.0 Å². The van der Waals surface area contributed by atoms with Crippen LogP contribution in [0.4, 0.5) is 9.52 Å². The maximum Gasteiger partial charge on any atom is 0.297 e. The molecule has 8 heteroatoms. The number of benzene rings is 1. The van der Waals surface area contributed by atoms with Gasteiger partial charge in [-0.2, -0.15) is 0 Å². The molecule has 3 aromatic heterocycles. The van der Waals surface area contributed by atoms with Crippen LogP contribution in [0.2, 0.25) is 0 Å². The van der Waals surface area contributed by atoms with Crippen LogP contribution in [-0.2, 0) is 0 Å². The Morgan fingerprint density at radius 1 is 1.19 bits per heavy atom. The molecule has 1 aliphatic heterocycles. The van der Waals surface area contributed by atoms with E-state index in [9.17, 15) is 14.0 Å². The first kappa shape index (κ1) is 15.8. The molecule has 0 bridgehead atoms. The van der Waals surface area contributed by atoms with Crippen molar-refractivity contribution in [2.45, 2.75) is 6.04 Å². The number of pyridine rings is 1. The van der Waals surface area contributed by atoms with Gasteiger partial charge in [0.25, 0.3) is 5.91 Å². The number of anilines is 1. The molecule has 4 heterocycles. The van der Waals surface area contributed by atoms with E-state index in [1.54, 1.807) is 36.1 Å². The fourth-order valence-electron chi connectivity index (χ4n) is 3.33. The highest BCUT2D eigenvalue weighted by Gasteiger charge is 2.44. The number of rotatable bonds is 2. The van der Waals surface area contributed by atoms with Crippen LogP contribution in [0.5, 0.6) is 0 Å². The number of fused-ring (bicyclic) bond motifs is 2. The third-order valence-electron chi connectivity index (χ3n) is 4.46. The van der Waals surface area contributed by atoms with E-state index in [0.717, 1.165) is 6.07 Å². The number of nitrogens with zero attached hydrogens (tertiary/aromatic N) is 3. The molecule has 6 nitrogen and oxygen atoms in total. The molecule has 0 aliphatic carbocycles. The summed E-state index contributed by atoms with van der Waals surface area (Å²) in [5.74, 6) is -1.06. The number of aromatic nitrogens is 2. The van der Waals surface area contributed by atoms with Crippen LogP contribution in [0.3, 0.4) is 0 Å². The zero-order valence-corrected chi connectivity index (χ0v) is 14.4. The summed E-state index contributed by atoms with van der Waals surface area (Å²) in [5, 5.41) is 2.28. The Morgan fingerprint density at radius 3 is 2.81 bits per heavy atom. The van der Waals surface area contributed by atoms with Crippen molar-refractivity contribution in [2.75, 3.05) is 4.90 Å². The van der Waals surface area contributed by atoms with Gasteiger partial charge in [0.1, 0.15) is 11.4 Å². The molecule has 0 spiro atoms. The first-order valence-electron chi connectivity index (χ1n) is 8.04. The molecule has 0 radical (unpaired) electrons. The van der Waals surface area contributed by atoms with Gasteiger partial charge >= 0.3 is 0 Å². The summed E-state index contributed by atoms with van der Waals surface area (Å²) in [5.41, 5.74) is 0.538. The highest BCUT2D eigenvalue weighted by molar-refractivity contribution is 7.13. The number of carbonyl (C=O) groups excluding carboxylic acids is 1. The Bertz CT molecular complexity index is 1240. The van der Waals surface area contributed by atoms with Crippen molar-refractivity contribution in [3.05, 3.63) is 87.2 Å². The second-order valence-electron chi connectivity index (χ2n) is 5.99. The SMILES string of the molecule is O=C1c2oc3ccc(F)cc3c(=O)c2[C@@H](c2cccnc2)N1c1nccs1. The number of hydrogen-bond acceptors (Lipinski definition) is 6. The molecule has 1 aromatic carbocycles. The fraction of sp³-hybridized carbons (Fsp3) is 0.0526. The lowest BCUT2D eigenvalue weighted by Crippen LogP contribution is -2.29. The van der Waals surface area contributed by atoms with Crippen LogP contribution in [0.25, 0.3) is 11.0 Å². The van der Waals surface area contributed by atoms with Gasteiger partial charge in [-0.1, -0.05) is 6.07 Å². The lowest BCUT2D eigenvalue weighted by molar-refractivity contribution is 0.0971. The second-order valence-corrected chi connectivity index (χ2v) is 6.87. The van der Waals surface area contributed by atoms with Gasteiger partial charge in [-0.3, -0.25) is 19.5 Å². The highest BCUT2D eigenvalue weighted by atomic mass is 32.1. The first-order chi connectivity index (χ1) is 13.1. The lowest BCUT2D eigenvalue weighted by atomic mass is 10.00. The van der Waals surface area contributed by atoms with Gasteiger partial charge in [-0.05, 0) is 29.8 Å². The van der Waals surface area contributed by atoms with E-state index in [1.807, 2.05) is 0 Å². The van der Waals surface area contributed by atoms with E-state index in [0.29, 0.717) is 10.7 Å². The van der Waals surface area contributed by atoms with Crippen LogP contribution < -0.4 is 10.3 Å². The minimum absolute atomic E-state index is 0.0526. The molecular formula is C19H10FN3O3S. The Labute approximate surface area is 155 Å². The average Bonchev–Trinajstić information content (AvgIpc) is 3.30.